The van der Waals surface area contributed by atoms with Gasteiger partial charge in [0.05, 0.1) is 5.92 Å². The van der Waals surface area contributed by atoms with E-state index in [0.717, 1.165) is 16.3 Å². The lowest BCUT2D eigenvalue weighted by Crippen LogP contribution is -2.32. The third-order valence-electron chi connectivity index (χ3n) is 3.08. The Morgan fingerprint density at radius 3 is 2.53 bits per heavy atom. The van der Waals surface area contributed by atoms with E-state index in [4.69, 9.17) is 5.11 Å². The van der Waals surface area contributed by atoms with Gasteiger partial charge < -0.3 is 10.4 Å². The van der Waals surface area contributed by atoms with Crippen LogP contribution in [0.15, 0.2) is 42.5 Å². The minimum atomic E-state index is -1.04. The fourth-order valence-electron chi connectivity index (χ4n) is 1.94. The summed E-state index contributed by atoms with van der Waals surface area (Å²) in [5.74, 6) is -1.69. The first-order valence-electron chi connectivity index (χ1n) is 6.06. The number of carbonyl (C=O) groups is 2. The summed E-state index contributed by atoms with van der Waals surface area (Å²) in [6.07, 6.45) is 0. The highest BCUT2D eigenvalue weighted by Gasteiger charge is 2.15. The highest BCUT2D eigenvalue weighted by molar-refractivity contribution is 5.89. The molecule has 0 saturated heterocycles. The van der Waals surface area contributed by atoms with E-state index in [1.54, 1.807) is 6.92 Å². The number of benzene rings is 2. The molecular weight excluding hydrogens is 242 g/mol. The monoisotopic (exact) mass is 257 g/mol. The number of hydrogen-bond acceptors (Lipinski definition) is 2. The van der Waals surface area contributed by atoms with Gasteiger partial charge in [0.1, 0.15) is 6.54 Å². The molecule has 0 spiro atoms. The lowest BCUT2D eigenvalue weighted by molar-refractivity contribution is -0.138. The molecule has 2 rings (SSSR count). The molecule has 4 heteroatoms. The van der Waals surface area contributed by atoms with E-state index >= 15 is 0 Å². The Labute approximate surface area is 111 Å². The summed E-state index contributed by atoms with van der Waals surface area (Å²) in [6, 6.07) is 13.7. The second-order valence-corrected chi connectivity index (χ2v) is 4.44. The van der Waals surface area contributed by atoms with Crippen LogP contribution in [0.5, 0.6) is 0 Å². The van der Waals surface area contributed by atoms with E-state index in [1.165, 1.54) is 0 Å². The molecule has 0 bridgehead atoms. The van der Waals surface area contributed by atoms with Crippen LogP contribution in [0.25, 0.3) is 10.8 Å². The number of amides is 1. The molecule has 4 nitrogen and oxygen atoms in total. The summed E-state index contributed by atoms with van der Waals surface area (Å²) < 4.78 is 0. The molecule has 1 amide bonds. The van der Waals surface area contributed by atoms with Crippen molar-refractivity contribution in [3.05, 3.63) is 48.0 Å². The lowest BCUT2D eigenvalue weighted by atomic mass is 9.97. The van der Waals surface area contributed by atoms with Gasteiger partial charge in [-0.1, -0.05) is 42.5 Å². The molecule has 1 atom stereocenters. The van der Waals surface area contributed by atoms with E-state index in [1.807, 2.05) is 42.5 Å². The molecule has 98 valence electrons. The maximum Gasteiger partial charge on any atom is 0.322 e. The van der Waals surface area contributed by atoms with E-state index in [0.29, 0.717) is 0 Å². The predicted molar refractivity (Wildman–Crippen MR) is 73.0 cm³/mol. The van der Waals surface area contributed by atoms with Crippen molar-refractivity contribution in [2.75, 3.05) is 6.54 Å². The number of hydrogen-bond donors (Lipinski definition) is 2. The van der Waals surface area contributed by atoms with Gasteiger partial charge >= 0.3 is 5.97 Å². The number of rotatable bonds is 4. The number of fused-ring (bicyclic) bond motifs is 1. The van der Waals surface area contributed by atoms with Crippen LogP contribution in [0.2, 0.25) is 0 Å². The van der Waals surface area contributed by atoms with E-state index in [2.05, 4.69) is 5.32 Å². The van der Waals surface area contributed by atoms with Gasteiger partial charge in [-0.15, -0.1) is 0 Å². The molecule has 0 aliphatic carbocycles. The Bertz CT molecular complexity index is 622. The molecule has 2 aromatic carbocycles. The topological polar surface area (TPSA) is 66.4 Å². The number of carboxylic acids is 1. The van der Waals surface area contributed by atoms with Gasteiger partial charge in [-0.05, 0) is 23.3 Å². The largest absolute Gasteiger partial charge is 0.480 e. The first kappa shape index (κ1) is 13.1. The molecule has 2 N–H and O–H groups in total. The van der Waals surface area contributed by atoms with Crippen LogP contribution < -0.4 is 5.32 Å². The van der Waals surface area contributed by atoms with Gasteiger partial charge in [0.15, 0.2) is 0 Å². The van der Waals surface area contributed by atoms with Crippen LogP contribution in [-0.2, 0) is 9.59 Å². The van der Waals surface area contributed by atoms with Gasteiger partial charge in [0, 0.05) is 0 Å². The van der Waals surface area contributed by atoms with Gasteiger partial charge in [-0.3, -0.25) is 9.59 Å². The quantitative estimate of drug-likeness (QED) is 0.881. The van der Waals surface area contributed by atoms with E-state index < -0.39 is 5.97 Å². The van der Waals surface area contributed by atoms with Gasteiger partial charge in [-0.25, -0.2) is 0 Å². The fourth-order valence-corrected chi connectivity index (χ4v) is 1.94. The van der Waals surface area contributed by atoms with Crippen LogP contribution in [0.1, 0.15) is 18.4 Å². The van der Waals surface area contributed by atoms with Crippen molar-refractivity contribution in [2.45, 2.75) is 12.8 Å². The summed E-state index contributed by atoms with van der Waals surface area (Å²) in [7, 11) is 0. The van der Waals surface area contributed by atoms with Gasteiger partial charge in [0.2, 0.25) is 5.91 Å². The second kappa shape index (κ2) is 5.52. The van der Waals surface area contributed by atoms with Crippen LogP contribution in [-0.4, -0.2) is 23.5 Å². The molecule has 0 radical (unpaired) electrons. The molecule has 0 aromatic heterocycles. The Balaban J connectivity index is 2.18. The van der Waals surface area contributed by atoms with Crippen molar-refractivity contribution in [1.29, 1.82) is 0 Å². The zero-order chi connectivity index (χ0) is 13.8. The maximum absolute atomic E-state index is 11.8. The van der Waals surface area contributed by atoms with Crippen LogP contribution in [0.4, 0.5) is 0 Å². The number of aliphatic carboxylic acids is 1. The molecule has 2 aromatic rings. The predicted octanol–water partition coefficient (Wildman–Crippen LogP) is 2.14. The zero-order valence-electron chi connectivity index (χ0n) is 10.6. The minimum absolute atomic E-state index is 0.280. The van der Waals surface area contributed by atoms with Gasteiger partial charge in [0.25, 0.3) is 0 Å². The number of carboxylic acid groups (broad SMARTS) is 1. The smallest absolute Gasteiger partial charge is 0.322 e. The van der Waals surface area contributed by atoms with Gasteiger partial charge in [-0.2, -0.15) is 0 Å². The third kappa shape index (κ3) is 3.10. The average molecular weight is 257 g/mol. The summed E-state index contributed by atoms with van der Waals surface area (Å²) in [5.41, 5.74) is 0.876. The number of carbonyl (C=O) groups excluding carboxylic acids is 1. The average Bonchev–Trinajstić information content (AvgIpc) is 2.43. The summed E-state index contributed by atoms with van der Waals surface area (Å²) in [4.78, 5) is 22.2. The minimum Gasteiger partial charge on any atom is -0.480 e. The molecule has 0 saturated carbocycles. The Morgan fingerprint density at radius 1 is 1.16 bits per heavy atom. The highest BCUT2D eigenvalue weighted by Crippen LogP contribution is 2.21. The van der Waals surface area contributed by atoms with Crippen LogP contribution in [0, 0.1) is 0 Å². The molecule has 0 fully saturated rings. The molecule has 0 aliphatic rings. The van der Waals surface area contributed by atoms with E-state index in [-0.39, 0.29) is 18.4 Å². The zero-order valence-corrected chi connectivity index (χ0v) is 10.6. The van der Waals surface area contributed by atoms with Crippen molar-refractivity contribution in [3.63, 3.8) is 0 Å². The van der Waals surface area contributed by atoms with Crippen molar-refractivity contribution >= 4 is 22.6 Å². The van der Waals surface area contributed by atoms with Crippen LogP contribution in [0.3, 0.4) is 0 Å². The second-order valence-electron chi connectivity index (χ2n) is 4.44. The highest BCUT2D eigenvalue weighted by atomic mass is 16.4. The molecule has 0 aliphatic heterocycles. The van der Waals surface area contributed by atoms with E-state index in [9.17, 15) is 9.59 Å². The number of nitrogens with one attached hydrogen (secondary N) is 1. The first-order valence-corrected chi connectivity index (χ1v) is 6.06. The molecular formula is C15H15NO3. The summed E-state index contributed by atoms with van der Waals surface area (Å²) in [6.45, 7) is 1.41. The fraction of sp³-hybridized carbons (Fsp3) is 0.200. The Kier molecular flexibility index (Phi) is 3.80. The van der Waals surface area contributed by atoms with Crippen molar-refractivity contribution < 1.29 is 14.7 Å². The summed E-state index contributed by atoms with van der Waals surface area (Å²) >= 11 is 0. The lowest BCUT2D eigenvalue weighted by Gasteiger charge is -2.12. The molecule has 0 heterocycles. The van der Waals surface area contributed by atoms with Crippen molar-refractivity contribution in [2.24, 2.45) is 0 Å². The standard InChI is InChI=1S/C15H15NO3/c1-10(15(19)16-9-14(17)18)12-7-6-11-4-2-3-5-13(11)8-12/h2-8,10H,9H2,1H3,(H,16,19)(H,17,18)/t10-/m1/s1. The molecule has 0 unspecified atom stereocenters. The third-order valence-corrected chi connectivity index (χ3v) is 3.08. The Hall–Kier alpha value is -2.36. The SMILES string of the molecule is C[C@@H](C(=O)NCC(=O)O)c1ccc2ccccc2c1. The normalized spacial score (nSPS) is 12.1. The van der Waals surface area contributed by atoms with Crippen molar-refractivity contribution in [1.82, 2.24) is 5.32 Å². The van der Waals surface area contributed by atoms with Crippen molar-refractivity contribution in [3.8, 4) is 0 Å². The maximum atomic E-state index is 11.8. The summed E-state index contributed by atoms with van der Waals surface area (Å²) in [5, 5.41) is 13.1. The first-order chi connectivity index (χ1) is 9.08. The van der Waals surface area contributed by atoms with Crippen LogP contribution >= 0.6 is 0 Å². The Morgan fingerprint density at radius 2 is 1.84 bits per heavy atom. The molecule has 19 heavy (non-hydrogen) atoms.